The van der Waals surface area contributed by atoms with Crippen LogP contribution in [0.3, 0.4) is 0 Å². The van der Waals surface area contributed by atoms with E-state index >= 15 is 0 Å². The van der Waals surface area contributed by atoms with Crippen molar-refractivity contribution in [2.45, 2.75) is 104 Å². The van der Waals surface area contributed by atoms with E-state index in [1.165, 1.54) is 77.0 Å². The molecule has 47 heavy (non-hydrogen) atoms. The Labute approximate surface area is 287 Å². The molecule has 0 fully saturated rings. The normalized spacial score (nSPS) is 11.4. The van der Waals surface area contributed by atoms with Gasteiger partial charge in [0.1, 0.15) is 0 Å². The lowest BCUT2D eigenvalue weighted by Crippen LogP contribution is -2.15. The first-order chi connectivity index (χ1) is 23.3. The number of rotatable bonds is 42. The van der Waals surface area contributed by atoms with Crippen molar-refractivity contribution in [3.05, 3.63) is 0 Å². The molecule has 0 bridgehead atoms. The van der Waals surface area contributed by atoms with E-state index in [1.807, 2.05) is 0 Å². The molecule has 0 saturated carbocycles. The third kappa shape index (κ3) is 43.1. The summed E-state index contributed by atoms with van der Waals surface area (Å²) in [4.78, 5) is 11.2. The molecule has 0 radical (unpaired) electrons. The van der Waals surface area contributed by atoms with Crippen molar-refractivity contribution in [2.24, 2.45) is 0 Å². The maximum absolute atomic E-state index is 11.2. The largest absolute Gasteiger partial charge is 0.466 e. The summed E-state index contributed by atoms with van der Waals surface area (Å²) < 4.78 is 54.2. The zero-order valence-electron chi connectivity index (χ0n) is 30.3. The Bertz CT molecular complexity index is 583. The molecule has 0 spiro atoms. The molecule has 0 aromatic heterocycles. The number of esters is 1. The highest BCUT2D eigenvalue weighted by Crippen LogP contribution is 2.12. The molecule has 0 N–H and O–H groups in total. The van der Waals surface area contributed by atoms with E-state index in [0.29, 0.717) is 119 Å². The summed E-state index contributed by atoms with van der Waals surface area (Å²) in [5.74, 6) is -0.245. The van der Waals surface area contributed by atoms with E-state index in [9.17, 15) is 4.79 Å². The Kier molecular flexibility index (Phi) is 42.3. The van der Waals surface area contributed by atoms with Gasteiger partial charge in [0.05, 0.1) is 125 Å². The summed E-state index contributed by atoms with van der Waals surface area (Å²) in [6, 6.07) is 0. The molecular formula is C36H72O11. The maximum atomic E-state index is 11.2. The standard InChI is InChI=1S/C36H72O11/c1-3-5-6-7-8-9-10-11-12-13-14-15-16-18-38-20-22-40-24-26-42-28-30-44-32-34-46-35-33-45-31-29-43-27-25-41-23-21-39-19-17-36(37)47-4-2/h3-35H2,1-2H3. The van der Waals surface area contributed by atoms with Crippen LogP contribution in [-0.4, -0.2) is 132 Å². The van der Waals surface area contributed by atoms with Gasteiger partial charge in [-0.2, -0.15) is 0 Å². The number of hydrogen-bond acceptors (Lipinski definition) is 11. The Morgan fingerprint density at radius 3 is 0.872 bits per heavy atom. The van der Waals surface area contributed by atoms with Gasteiger partial charge in [0.15, 0.2) is 0 Å². The van der Waals surface area contributed by atoms with Crippen molar-refractivity contribution < 1.29 is 52.2 Å². The smallest absolute Gasteiger partial charge is 0.308 e. The second kappa shape index (κ2) is 43.1. The van der Waals surface area contributed by atoms with Crippen LogP contribution < -0.4 is 0 Å². The highest BCUT2D eigenvalue weighted by Gasteiger charge is 2.01. The number of hydrogen-bond donors (Lipinski definition) is 0. The zero-order valence-corrected chi connectivity index (χ0v) is 30.3. The van der Waals surface area contributed by atoms with Crippen LogP contribution in [0.1, 0.15) is 104 Å². The summed E-state index contributed by atoms with van der Waals surface area (Å²) in [7, 11) is 0. The first kappa shape index (κ1) is 46.1. The average molecular weight is 681 g/mol. The van der Waals surface area contributed by atoms with Crippen LogP contribution in [0.5, 0.6) is 0 Å². The fourth-order valence-electron chi connectivity index (χ4n) is 4.47. The summed E-state index contributed by atoms with van der Waals surface area (Å²) in [6.45, 7) is 14.0. The zero-order chi connectivity index (χ0) is 34.0. The Hall–Kier alpha value is -0.890. The maximum Gasteiger partial charge on any atom is 0.308 e. The molecule has 0 aliphatic heterocycles. The summed E-state index contributed by atoms with van der Waals surface area (Å²) in [5.41, 5.74) is 0. The quantitative estimate of drug-likeness (QED) is 0.0545. The lowest BCUT2D eigenvalue weighted by atomic mass is 10.0. The van der Waals surface area contributed by atoms with E-state index in [0.717, 1.165) is 13.0 Å². The van der Waals surface area contributed by atoms with Crippen molar-refractivity contribution in [1.29, 1.82) is 0 Å². The van der Waals surface area contributed by atoms with Crippen LogP contribution >= 0.6 is 0 Å². The van der Waals surface area contributed by atoms with Crippen molar-refractivity contribution in [3.63, 3.8) is 0 Å². The van der Waals surface area contributed by atoms with Gasteiger partial charge in [-0.25, -0.2) is 0 Å². The van der Waals surface area contributed by atoms with Crippen molar-refractivity contribution in [3.8, 4) is 0 Å². The minimum atomic E-state index is -0.245. The molecule has 0 unspecified atom stereocenters. The van der Waals surface area contributed by atoms with Gasteiger partial charge in [0.25, 0.3) is 0 Å². The molecule has 0 aliphatic rings. The topological polar surface area (TPSA) is 109 Å². The molecule has 0 atom stereocenters. The van der Waals surface area contributed by atoms with Gasteiger partial charge in [0.2, 0.25) is 0 Å². The molecule has 0 saturated heterocycles. The van der Waals surface area contributed by atoms with Crippen LogP contribution in [0.4, 0.5) is 0 Å². The Morgan fingerprint density at radius 2 is 0.574 bits per heavy atom. The molecule has 282 valence electrons. The van der Waals surface area contributed by atoms with Crippen LogP contribution in [0, 0.1) is 0 Å². The summed E-state index contributed by atoms with van der Waals surface area (Å²) in [5, 5.41) is 0. The lowest BCUT2D eigenvalue weighted by Gasteiger charge is -2.09. The number of unbranched alkanes of at least 4 members (excludes halogenated alkanes) is 12. The molecular weight excluding hydrogens is 608 g/mol. The number of carbonyl (C=O) groups is 1. The first-order valence-electron chi connectivity index (χ1n) is 18.7. The van der Waals surface area contributed by atoms with Gasteiger partial charge in [-0.1, -0.05) is 84.0 Å². The molecule has 11 nitrogen and oxygen atoms in total. The number of ether oxygens (including phenoxy) is 10. The Balaban J connectivity index is 3.05. The van der Waals surface area contributed by atoms with Gasteiger partial charge in [0, 0.05) is 6.61 Å². The third-order valence-electron chi connectivity index (χ3n) is 7.12. The van der Waals surface area contributed by atoms with Gasteiger partial charge < -0.3 is 47.4 Å². The average Bonchev–Trinajstić information content (AvgIpc) is 3.07. The van der Waals surface area contributed by atoms with Crippen molar-refractivity contribution in [2.75, 3.05) is 126 Å². The third-order valence-corrected chi connectivity index (χ3v) is 7.12. The van der Waals surface area contributed by atoms with Gasteiger partial charge in [-0.15, -0.1) is 0 Å². The number of carbonyl (C=O) groups excluding carboxylic acids is 1. The highest BCUT2D eigenvalue weighted by molar-refractivity contribution is 5.69. The van der Waals surface area contributed by atoms with E-state index in [1.54, 1.807) is 6.92 Å². The predicted molar refractivity (Wildman–Crippen MR) is 184 cm³/mol. The van der Waals surface area contributed by atoms with Crippen LogP contribution in [0.15, 0.2) is 0 Å². The lowest BCUT2D eigenvalue weighted by molar-refractivity contribution is -0.144. The first-order valence-corrected chi connectivity index (χ1v) is 18.7. The minimum absolute atomic E-state index is 0.245. The molecule has 0 aromatic carbocycles. The minimum Gasteiger partial charge on any atom is -0.466 e. The highest BCUT2D eigenvalue weighted by atomic mass is 16.6. The molecule has 0 amide bonds. The molecule has 11 heteroatoms. The molecule has 0 heterocycles. The van der Waals surface area contributed by atoms with Gasteiger partial charge in [-0.05, 0) is 13.3 Å². The predicted octanol–water partition coefficient (Wildman–Crippen LogP) is 6.18. The fourth-order valence-corrected chi connectivity index (χ4v) is 4.47. The molecule has 0 aromatic rings. The van der Waals surface area contributed by atoms with Crippen LogP contribution in [0.25, 0.3) is 0 Å². The van der Waals surface area contributed by atoms with Crippen molar-refractivity contribution in [1.82, 2.24) is 0 Å². The second-order valence-electron chi connectivity index (χ2n) is 11.3. The van der Waals surface area contributed by atoms with Gasteiger partial charge >= 0.3 is 5.97 Å². The van der Waals surface area contributed by atoms with Crippen molar-refractivity contribution >= 4 is 5.97 Å². The van der Waals surface area contributed by atoms with E-state index < -0.39 is 0 Å². The van der Waals surface area contributed by atoms with Crippen LogP contribution in [0.2, 0.25) is 0 Å². The summed E-state index contributed by atoms with van der Waals surface area (Å²) in [6.07, 6.45) is 18.0. The molecule has 0 aliphatic carbocycles. The second-order valence-corrected chi connectivity index (χ2v) is 11.3. The monoisotopic (exact) mass is 681 g/mol. The van der Waals surface area contributed by atoms with E-state index in [4.69, 9.17) is 47.4 Å². The fraction of sp³-hybridized carbons (Fsp3) is 0.972. The van der Waals surface area contributed by atoms with E-state index in [-0.39, 0.29) is 12.4 Å². The SMILES string of the molecule is CCCCCCCCCCCCCCCOCCOCCOCCOCCOCCOCCOCCOCCOCCC(=O)OCC. The van der Waals surface area contributed by atoms with Gasteiger partial charge in [-0.3, -0.25) is 4.79 Å². The summed E-state index contributed by atoms with van der Waals surface area (Å²) >= 11 is 0. The van der Waals surface area contributed by atoms with E-state index in [2.05, 4.69) is 6.92 Å². The van der Waals surface area contributed by atoms with Crippen LogP contribution in [-0.2, 0) is 52.2 Å². The Morgan fingerprint density at radius 1 is 0.319 bits per heavy atom. The molecule has 0 rings (SSSR count).